The Kier molecular flexibility index (Phi) is 7.15. The molecular weight excluding hydrogens is 475 g/mol. The monoisotopic (exact) mass is 492 g/mol. The van der Waals surface area contributed by atoms with Crippen molar-refractivity contribution in [3.63, 3.8) is 0 Å². The number of Topliss-reactive ketones (excluding diaryl/α,β-unsaturated/α-hetero) is 1. The molecule has 0 fully saturated rings. The van der Waals surface area contributed by atoms with Crippen LogP contribution in [0, 0.1) is 6.92 Å². The SMILES string of the molecule is CC(=O)c1ccc(Cn2ncc([NH-])n2)s1.Cc1nc(C(=O)O)c(-c2cccc(C(F)(F)F)c2)o1. The highest BCUT2D eigenvalue weighted by atomic mass is 32.1. The molecule has 0 aliphatic rings. The number of hydrogen-bond acceptors (Lipinski definition) is 7. The van der Waals surface area contributed by atoms with Gasteiger partial charge in [0.2, 0.25) is 0 Å². The second kappa shape index (κ2) is 9.87. The Balaban J connectivity index is 0.000000196. The molecule has 0 spiro atoms. The first-order valence-electron chi connectivity index (χ1n) is 9.53. The molecule has 1 aromatic carbocycles. The molecule has 0 saturated carbocycles. The highest BCUT2D eigenvalue weighted by Gasteiger charge is 2.31. The predicted octanol–water partition coefficient (Wildman–Crippen LogP) is 5.64. The van der Waals surface area contributed by atoms with Gasteiger partial charge in [-0.25, -0.2) is 9.78 Å². The molecule has 34 heavy (non-hydrogen) atoms. The van der Waals surface area contributed by atoms with E-state index in [9.17, 15) is 22.8 Å². The van der Waals surface area contributed by atoms with Crippen LogP contribution in [0.3, 0.4) is 0 Å². The van der Waals surface area contributed by atoms with Crippen LogP contribution in [0.4, 0.5) is 19.0 Å². The maximum absolute atomic E-state index is 12.6. The van der Waals surface area contributed by atoms with Crippen molar-refractivity contribution >= 4 is 28.9 Å². The van der Waals surface area contributed by atoms with Gasteiger partial charge < -0.3 is 20.4 Å². The van der Waals surface area contributed by atoms with Crippen molar-refractivity contribution in [2.24, 2.45) is 0 Å². The molecule has 13 heteroatoms. The van der Waals surface area contributed by atoms with E-state index in [-0.39, 0.29) is 28.8 Å². The summed E-state index contributed by atoms with van der Waals surface area (Å²) in [6.45, 7) is 3.48. The molecule has 0 amide bonds. The number of ketones is 1. The number of halogens is 3. The van der Waals surface area contributed by atoms with Gasteiger partial charge in [-0.15, -0.1) is 11.3 Å². The van der Waals surface area contributed by atoms with Crippen LogP contribution in [0.25, 0.3) is 17.1 Å². The van der Waals surface area contributed by atoms with Crippen molar-refractivity contribution in [1.82, 2.24) is 20.0 Å². The van der Waals surface area contributed by atoms with Crippen LogP contribution in [0.2, 0.25) is 0 Å². The average Bonchev–Trinajstić information content (AvgIpc) is 3.48. The van der Waals surface area contributed by atoms with Crippen LogP contribution in [0.15, 0.2) is 47.0 Å². The number of oxazole rings is 1. The number of aryl methyl sites for hydroxylation is 1. The lowest BCUT2D eigenvalue weighted by atomic mass is 10.1. The fourth-order valence-corrected chi connectivity index (χ4v) is 3.65. The summed E-state index contributed by atoms with van der Waals surface area (Å²) >= 11 is 1.43. The molecule has 178 valence electrons. The number of aromatic nitrogens is 4. The van der Waals surface area contributed by atoms with E-state index in [1.807, 2.05) is 6.07 Å². The number of nitrogens with zero attached hydrogens (tertiary/aromatic N) is 4. The number of carbonyl (C=O) groups is 2. The summed E-state index contributed by atoms with van der Waals surface area (Å²) in [7, 11) is 0. The average molecular weight is 492 g/mol. The van der Waals surface area contributed by atoms with Gasteiger partial charge >= 0.3 is 12.1 Å². The molecule has 0 aliphatic heterocycles. The normalized spacial score (nSPS) is 11.1. The number of carbonyl (C=O) groups excluding carboxylic acids is 1. The quantitative estimate of drug-likeness (QED) is 0.356. The summed E-state index contributed by atoms with van der Waals surface area (Å²) < 4.78 is 42.8. The number of carboxylic acid groups (broad SMARTS) is 1. The Labute approximate surface area is 194 Å². The first-order chi connectivity index (χ1) is 15.9. The van der Waals surface area contributed by atoms with Crippen molar-refractivity contribution in [2.45, 2.75) is 26.6 Å². The Morgan fingerprint density at radius 1 is 1.24 bits per heavy atom. The Morgan fingerprint density at radius 2 is 1.97 bits per heavy atom. The molecule has 0 atom stereocenters. The molecule has 0 unspecified atom stereocenters. The molecule has 0 radical (unpaired) electrons. The molecular formula is C21H17F3N5O4S-. The number of alkyl halides is 3. The van der Waals surface area contributed by atoms with Crippen LogP contribution < -0.4 is 0 Å². The van der Waals surface area contributed by atoms with Crippen LogP contribution in [0.1, 0.15) is 43.4 Å². The van der Waals surface area contributed by atoms with E-state index in [2.05, 4.69) is 15.2 Å². The first-order valence-corrected chi connectivity index (χ1v) is 10.4. The highest BCUT2D eigenvalue weighted by Crippen LogP contribution is 2.33. The van der Waals surface area contributed by atoms with Crippen LogP contribution in [-0.2, 0) is 12.7 Å². The summed E-state index contributed by atoms with van der Waals surface area (Å²) in [4.78, 5) is 28.8. The van der Waals surface area contributed by atoms with Crippen molar-refractivity contribution in [3.05, 3.63) is 75.2 Å². The van der Waals surface area contributed by atoms with Crippen molar-refractivity contribution < 1.29 is 32.3 Å². The number of rotatable bonds is 5. The highest BCUT2D eigenvalue weighted by molar-refractivity contribution is 7.14. The third-order valence-corrected chi connectivity index (χ3v) is 5.40. The lowest BCUT2D eigenvalue weighted by Crippen LogP contribution is -2.05. The zero-order chi connectivity index (χ0) is 25.0. The third-order valence-electron chi connectivity index (χ3n) is 4.23. The van der Waals surface area contributed by atoms with Crippen LogP contribution in [-0.4, -0.2) is 36.8 Å². The van der Waals surface area contributed by atoms with Gasteiger partial charge in [0, 0.05) is 23.6 Å². The number of nitrogens with one attached hydrogen (secondary N) is 1. The van der Waals surface area contributed by atoms with Gasteiger partial charge in [0.15, 0.2) is 23.1 Å². The largest absolute Gasteiger partial charge is 0.480 e. The molecule has 0 aliphatic carbocycles. The summed E-state index contributed by atoms with van der Waals surface area (Å²) in [6, 6.07) is 7.92. The third kappa shape index (κ3) is 6.07. The number of hydrogen-bond donors (Lipinski definition) is 1. The smallest absolute Gasteiger partial charge is 0.416 e. The zero-order valence-electron chi connectivity index (χ0n) is 17.8. The van der Waals surface area contributed by atoms with Crippen molar-refractivity contribution in [3.8, 4) is 11.3 Å². The minimum absolute atomic E-state index is 0.0211. The first kappa shape index (κ1) is 24.6. The predicted molar refractivity (Wildman–Crippen MR) is 116 cm³/mol. The Hall–Kier alpha value is -4.00. The van der Waals surface area contributed by atoms with Gasteiger partial charge in [0.1, 0.15) is 0 Å². The van der Waals surface area contributed by atoms with Gasteiger partial charge in [-0.1, -0.05) is 12.1 Å². The minimum Gasteiger partial charge on any atom is -0.480 e. The van der Waals surface area contributed by atoms with Crippen LogP contribution >= 0.6 is 11.3 Å². The number of benzene rings is 1. The molecule has 4 rings (SSSR count). The minimum atomic E-state index is -4.51. The van der Waals surface area contributed by atoms with E-state index in [0.29, 0.717) is 6.54 Å². The fourth-order valence-electron chi connectivity index (χ4n) is 2.77. The standard InChI is InChI=1S/C12H8F3NO3.C9H9N4OS/c1-6-16-9(11(17)18)10(19-6)7-3-2-4-8(5-7)12(13,14)15;1-6(14)8-3-2-7(15-8)5-13-11-4-9(10)12-13/h2-5H,1H3,(H,17,18);2-4H,5H2,1H3,(H-,10,12)/q;-1. The lowest BCUT2D eigenvalue weighted by Gasteiger charge is -2.07. The zero-order valence-corrected chi connectivity index (χ0v) is 18.6. The van der Waals surface area contributed by atoms with Crippen molar-refractivity contribution in [2.75, 3.05) is 0 Å². The van der Waals surface area contributed by atoms with Gasteiger partial charge in [0.25, 0.3) is 0 Å². The fraction of sp³-hybridized carbons (Fsp3) is 0.190. The number of thiophene rings is 1. The number of aromatic carboxylic acids is 1. The van der Waals surface area contributed by atoms with E-state index < -0.39 is 23.4 Å². The van der Waals surface area contributed by atoms with E-state index in [4.69, 9.17) is 15.3 Å². The van der Waals surface area contributed by atoms with E-state index in [0.717, 1.165) is 21.9 Å². The second-order valence-electron chi connectivity index (χ2n) is 6.88. The molecule has 9 nitrogen and oxygen atoms in total. The molecule has 4 aromatic rings. The topological polar surface area (TPSA) is 135 Å². The summed E-state index contributed by atoms with van der Waals surface area (Å²) in [6.07, 6.45) is -3.12. The maximum atomic E-state index is 12.6. The van der Waals surface area contributed by atoms with Gasteiger partial charge in [-0.05, 0) is 37.0 Å². The van der Waals surface area contributed by atoms with E-state index in [1.165, 1.54) is 41.4 Å². The summed E-state index contributed by atoms with van der Waals surface area (Å²) in [5, 5.41) is 16.7. The van der Waals surface area contributed by atoms with Gasteiger partial charge in [0.05, 0.1) is 17.0 Å². The maximum Gasteiger partial charge on any atom is 0.416 e. The van der Waals surface area contributed by atoms with E-state index in [1.54, 1.807) is 13.0 Å². The Morgan fingerprint density at radius 3 is 2.53 bits per heavy atom. The molecule has 3 aromatic heterocycles. The van der Waals surface area contributed by atoms with Crippen LogP contribution in [0.5, 0.6) is 0 Å². The summed E-state index contributed by atoms with van der Waals surface area (Å²) in [5.74, 6) is -1.25. The molecule has 0 saturated heterocycles. The molecule has 2 N–H and O–H groups in total. The second-order valence-corrected chi connectivity index (χ2v) is 8.05. The lowest BCUT2D eigenvalue weighted by molar-refractivity contribution is -0.137. The van der Waals surface area contributed by atoms with Crippen molar-refractivity contribution in [1.29, 1.82) is 0 Å². The number of carboxylic acids is 1. The van der Waals surface area contributed by atoms with E-state index >= 15 is 0 Å². The van der Waals surface area contributed by atoms with Gasteiger partial charge in [-0.2, -0.15) is 18.3 Å². The molecule has 0 bridgehead atoms. The summed E-state index contributed by atoms with van der Waals surface area (Å²) in [5.41, 5.74) is 5.95. The Bertz CT molecular complexity index is 1330. The van der Waals surface area contributed by atoms with Gasteiger partial charge in [-0.3, -0.25) is 9.59 Å². The molecule has 3 heterocycles.